The van der Waals surface area contributed by atoms with Gasteiger partial charge in [0.05, 0.1) is 52.2 Å². The van der Waals surface area contributed by atoms with Crippen LogP contribution >= 0.6 is 29.5 Å². The van der Waals surface area contributed by atoms with Gasteiger partial charge in [0.25, 0.3) is 0 Å². The Balaban J connectivity index is 0.000000175. The van der Waals surface area contributed by atoms with Crippen molar-refractivity contribution in [2.24, 2.45) is 0 Å². The Morgan fingerprint density at radius 3 is 0.936 bits per heavy atom. The normalized spacial score (nSPS) is 18.5. The summed E-state index contributed by atoms with van der Waals surface area (Å²) in [6.07, 6.45) is 0. The molecule has 4 atom stereocenters. The molecular formula is C94H92O11P4S. The van der Waals surface area contributed by atoms with Gasteiger partial charge in [-0.1, -0.05) is 101 Å². The van der Waals surface area contributed by atoms with E-state index < -0.39 is 39.3 Å². The highest BCUT2D eigenvalue weighted by Crippen LogP contribution is 2.61. The summed E-state index contributed by atoms with van der Waals surface area (Å²) >= 11 is 0. The Morgan fingerprint density at radius 1 is 0.291 bits per heavy atom. The van der Waals surface area contributed by atoms with E-state index in [9.17, 15) is 8.42 Å². The minimum Gasteiger partial charge on any atom is -0.457 e. The molecule has 0 N–H and O–H groups in total. The minimum absolute atomic E-state index is 0.0409. The number of hydrogen-bond donors (Lipinski definition) is 0. The first-order chi connectivity index (χ1) is 51.7. The van der Waals surface area contributed by atoms with Gasteiger partial charge in [0.15, 0.2) is 0 Å². The molecule has 4 heterocycles. The largest absolute Gasteiger partial charge is 0.457 e. The van der Waals surface area contributed by atoms with Crippen molar-refractivity contribution in [3.63, 3.8) is 0 Å². The molecule has 4 unspecified atom stereocenters. The van der Waals surface area contributed by atoms with E-state index >= 15 is 18.3 Å². The van der Waals surface area contributed by atoms with Crippen LogP contribution in [0.15, 0.2) is 204 Å². The lowest BCUT2D eigenvalue weighted by atomic mass is 9.84. The van der Waals surface area contributed by atoms with E-state index in [1.807, 2.05) is 152 Å². The van der Waals surface area contributed by atoms with Crippen molar-refractivity contribution < 1.29 is 49.5 Å². The van der Waals surface area contributed by atoms with Crippen LogP contribution in [0.25, 0.3) is 44.5 Å². The van der Waals surface area contributed by atoms with Crippen molar-refractivity contribution in [3.8, 4) is 79.0 Å². The topological polar surface area (TPSA) is 149 Å². The molecular weight excluding hydrogens is 1460 g/mol. The maximum Gasteiger partial charge on any atom is 0.307 e. The number of aryl methyl sites for hydroxylation is 6. The summed E-state index contributed by atoms with van der Waals surface area (Å²) in [6, 6.07) is 59.3. The number of benzene rings is 12. The van der Waals surface area contributed by atoms with Gasteiger partial charge >= 0.3 is 29.5 Å². The maximum atomic E-state index is 15.1. The molecule has 16 rings (SSSR count). The Kier molecular flexibility index (Phi) is 18.6. The van der Waals surface area contributed by atoms with E-state index in [1.165, 1.54) is 35.4 Å². The SMILES string of the molecule is Cc1cc(C)c2c(c1)P(=O)(c1ccc(S(=O)(=O)c3ccc(P4(=O)Oc5ccc(C(C)(C)C)cc5-c5c(C)cc(C)cc54)cc3)cc1)Oc1ccc(C(C)(C)C)cc1-2.Cc1ccc2c(c1)P(=O)(c1ccc(Oc3ccc(P4(=O)Oc5c(C)c(C)c(C)c(C)c5-c5ccc(C)cc54)cc3)cc1)Oc1c(C)c(C)c(C)c(C)c1-2. The lowest BCUT2D eigenvalue weighted by Crippen LogP contribution is -2.27. The molecule has 0 aliphatic carbocycles. The molecule has 4 aliphatic heterocycles. The average Bonchev–Trinajstić information content (AvgIpc) is 0.732. The number of hydrogen-bond acceptors (Lipinski definition) is 11. The lowest BCUT2D eigenvalue weighted by Gasteiger charge is -2.33. The van der Waals surface area contributed by atoms with Gasteiger partial charge in [-0.25, -0.2) is 8.42 Å². The summed E-state index contributed by atoms with van der Waals surface area (Å²) in [5, 5.41) is 4.66. The van der Waals surface area contributed by atoms with E-state index in [2.05, 4.69) is 132 Å². The fraction of sp³-hybridized carbons (Fsp3) is 0.234. The van der Waals surface area contributed by atoms with E-state index in [1.54, 1.807) is 24.3 Å². The van der Waals surface area contributed by atoms with Crippen LogP contribution in [0.1, 0.15) is 131 Å². The highest BCUT2D eigenvalue weighted by molar-refractivity contribution is 7.91. The third-order valence-corrected chi connectivity index (χ3v) is 34.4. The molecule has 4 aliphatic rings. The summed E-state index contributed by atoms with van der Waals surface area (Å²) in [6.45, 7) is 41.8. The van der Waals surface area contributed by atoms with E-state index in [0.717, 1.165) is 133 Å². The number of fused-ring (bicyclic) bond motifs is 12. The molecule has 0 bridgehead atoms. The van der Waals surface area contributed by atoms with Gasteiger partial charge in [0, 0.05) is 44.5 Å². The first-order valence-electron chi connectivity index (χ1n) is 37.3. The summed E-state index contributed by atoms with van der Waals surface area (Å²) in [5.74, 6) is 3.64. The second-order valence-corrected chi connectivity index (χ2v) is 43.6. The number of rotatable bonds is 8. The third kappa shape index (κ3) is 12.4. The van der Waals surface area contributed by atoms with Crippen molar-refractivity contribution in [3.05, 3.63) is 283 Å². The van der Waals surface area contributed by atoms with Crippen molar-refractivity contribution in [2.45, 2.75) is 159 Å². The first kappa shape index (κ1) is 75.9. The van der Waals surface area contributed by atoms with E-state index in [4.69, 9.17) is 22.8 Å². The van der Waals surface area contributed by atoms with Crippen LogP contribution < -0.4 is 65.3 Å². The number of ether oxygens (including phenoxy) is 1. The van der Waals surface area contributed by atoms with Gasteiger partial charge in [-0.3, -0.25) is 18.3 Å². The molecule has 0 fully saturated rings. The molecule has 0 saturated heterocycles. The zero-order valence-corrected chi connectivity index (χ0v) is 70.6. The van der Waals surface area contributed by atoms with Crippen LogP contribution in [0.5, 0.6) is 34.5 Å². The molecule has 11 nitrogen and oxygen atoms in total. The fourth-order valence-corrected chi connectivity index (χ4v) is 26.9. The van der Waals surface area contributed by atoms with Crippen LogP contribution in [-0.4, -0.2) is 8.42 Å². The van der Waals surface area contributed by atoms with Crippen LogP contribution in [0, 0.1) is 96.9 Å². The van der Waals surface area contributed by atoms with Crippen molar-refractivity contribution in [2.75, 3.05) is 0 Å². The fourth-order valence-electron chi connectivity index (χ4n) is 16.1. The van der Waals surface area contributed by atoms with Gasteiger partial charge in [-0.15, -0.1) is 0 Å². The monoisotopic (exact) mass is 1550 g/mol. The predicted molar refractivity (Wildman–Crippen MR) is 453 cm³/mol. The molecule has 0 aromatic heterocycles. The molecule has 0 amide bonds. The zero-order chi connectivity index (χ0) is 78.8. The predicted octanol–water partition coefficient (Wildman–Crippen LogP) is 22.1. The Labute approximate surface area is 648 Å². The third-order valence-electron chi connectivity index (χ3n) is 23.0. The lowest BCUT2D eigenvalue weighted by molar-refractivity contribution is 0.482. The highest BCUT2D eigenvalue weighted by atomic mass is 32.2. The molecule has 12 aromatic rings. The Bertz CT molecular complexity index is 5880. The second-order valence-electron chi connectivity index (χ2n) is 32.5. The molecule has 12 aromatic carbocycles. The van der Waals surface area contributed by atoms with Crippen LogP contribution in [0.4, 0.5) is 0 Å². The van der Waals surface area contributed by atoms with Crippen molar-refractivity contribution >= 4 is 81.7 Å². The maximum absolute atomic E-state index is 15.1. The summed E-state index contributed by atoms with van der Waals surface area (Å²) in [7, 11) is -18.4. The standard InChI is InChI=1S/C48H48O6P2S.C46H44O5P2/c1-29-23-31(3)45-39-27-33(47(5,6)7)11-21-41(39)53-55(49,43(45)25-29)35-13-17-37(18-14-35)57(51,52)38-19-15-36(16-20-38)56(50)44-26-30(2)24-32(4)46(44)40-28-34(48(8,9)10)12-22-42(40)54-56;1-25-11-21-39-41(23-25)52(47,50-45-33(9)29(5)27(3)31(7)43(39)45)37-17-13-35(14-18-37)49-36-15-19-38(20-16-36)53(48)42-24-26(2)12-22-40(42)44-32(8)28(4)30(6)34(10)46(44)51-53/h11-28H,1-10H3;11-24H,1-10H3. The van der Waals surface area contributed by atoms with Gasteiger partial charge in [-0.05, 0) is 331 Å². The molecule has 0 radical (unpaired) electrons. The van der Waals surface area contributed by atoms with Crippen molar-refractivity contribution in [1.82, 2.24) is 0 Å². The van der Waals surface area contributed by atoms with Crippen LogP contribution in [0.3, 0.4) is 0 Å². The highest BCUT2D eigenvalue weighted by Gasteiger charge is 2.45. The Hall–Kier alpha value is -9.49. The molecule has 560 valence electrons. The summed E-state index contributed by atoms with van der Waals surface area (Å²) in [4.78, 5) is 0.0818. The van der Waals surface area contributed by atoms with E-state index in [-0.39, 0.29) is 20.6 Å². The van der Waals surface area contributed by atoms with E-state index in [0.29, 0.717) is 66.3 Å². The second kappa shape index (κ2) is 26.9. The Morgan fingerprint density at radius 2 is 0.600 bits per heavy atom. The molecule has 0 saturated carbocycles. The summed E-state index contributed by atoms with van der Waals surface area (Å²) < 4.78 is 121. The molecule has 16 heteroatoms. The van der Waals surface area contributed by atoms with Crippen molar-refractivity contribution in [1.29, 1.82) is 0 Å². The van der Waals surface area contributed by atoms with Crippen LogP contribution in [0.2, 0.25) is 0 Å². The van der Waals surface area contributed by atoms with Gasteiger partial charge in [0.2, 0.25) is 9.84 Å². The smallest absolute Gasteiger partial charge is 0.307 e. The zero-order valence-electron chi connectivity index (χ0n) is 66.2. The first-order valence-corrected chi connectivity index (χ1v) is 45.2. The van der Waals surface area contributed by atoms with Crippen LogP contribution in [-0.2, 0) is 38.9 Å². The molecule has 110 heavy (non-hydrogen) atoms. The number of sulfone groups is 1. The molecule has 0 spiro atoms. The minimum atomic E-state index is -4.02. The average molecular weight is 1550 g/mol. The summed E-state index contributed by atoms with van der Waals surface area (Å²) in [5.41, 5.74) is 24.7. The quantitative estimate of drug-likeness (QED) is 0.134. The van der Waals surface area contributed by atoms with Gasteiger partial charge < -0.3 is 22.8 Å². The van der Waals surface area contributed by atoms with Gasteiger partial charge in [0.1, 0.15) is 34.5 Å². The van der Waals surface area contributed by atoms with Gasteiger partial charge in [-0.2, -0.15) is 0 Å².